The molecule has 1 aliphatic rings. The van der Waals surface area contributed by atoms with Gasteiger partial charge in [-0.1, -0.05) is 12.1 Å². The molecule has 0 saturated carbocycles. The van der Waals surface area contributed by atoms with Crippen LogP contribution in [-0.4, -0.2) is 56.0 Å². The van der Waals surface area contributed by atoms with Crippen LogP contribution in [0.5, 0.6) is 0 Å². The number of likely N-dealkylation sites (tertiary alicyclic amines) is 1. The number of sulfonamides is 1. The highest BCUT2D eigenvalue weighted by atomic mass is 32.2. The number of ether oxygens (including phenoxy) is 1. The normalized spacial score (nSPS) is 16.2. The number of amides is 1. The number of nitriles is 1. The Morgan fingerprint density at radius 1 is 1.30 bits per heavy atom. The molecule has 8 heteroatoms. The molecule has 0 aromatic heterocycles. The minimum Gasteiger partial charge on any atom is -0.444 e. The summed E-state index contributed by atoms with van der Waals surface area (Å²) >= 11 is 0. The van der Waals surface area contributed by atoms with Crippen LogP contribution in [0.1, 0.15) is 39.2 Å². The standard InChI is InChI=1S/C19H27N3O4S/c1-19(2,3)26-18(23)22-11-9-15(10-12-22)14-21(4)27(24,25)17-8-6-5-7-16(17)13-20/h5-8,15H,9-12,14H2,1-4H3. The van der Waals surface area contributed by atoms with Crippen LogP contribution in [0.25, 0.3) is 0 Å². The van der Waals surface area contributed by atoms with E-state index in [9.17, 15) is 13.2 Å². The van der Waals surface area contributed by atoms with Gasteiger partial charge in [-0.2, -0.15) is 5.26 Å². The van der Waals surface area contributed by atoms with Gasteiger partial charge in [0.05, 0.1) is 10.5 Å². The van der Waals surface area contributed by atoms with Gasteiger partial charge in [-0.15, -0.1) is 0 Å². The van der Waals surface area contributed by atoms with E-state index in [-0.39, 0.29) is 22.5 Å². The van der Waals surface area contributed by atoms with E-state index in [2.05, 4.69) is 0 Å². The molecule has 1 aromatic carbocycles. The van der Waals surface area contributed by atoms with Gasteiger partial charge in [-0.3, -0.25) is 0 Å². The van der Waals surface area contributed by atoms with E-state index in [1.165, 1.54) is 23.5 Å². The predicted octanol–water partition coefficient (Wildman–Crippen LogP) is 2.83. The predicted molar refractivity (Wildman–Crippen MR) is 102 cm³/mol. The van der Waals surface area contributed by atoms with Crippen molar-refractivity contribution >= 4 is 16.1 Å². The second kappa shape index (κ2) is 8.28. The highest BCUT2D eigenvalue weighted by molar-refractivity contribution is 7.89. The van der Waals surface area contributed by atoms with Gasteiger partial charge in [0.15, 0.2) is 0 Å². The maximum atomic E-state index is 12.8. The van der Waals surface area contributed by atoms with E-state index in [0.29, 0.717) is 32.5 Å². The summed E-state index contributed by atoms with van der Waals surface area (Å²) in [6, 6.07) is 8.14. The lowest BCUT2D eigenvalue weighted by atomic mass is 9.97. The van der Waals surface area contributed by atoms with Gasteiger partial charge in [-0.25, -0.2) is 17.5 Å². The third kappa shape index (κ3) is 5.44. The molecule has 148 valence electrons. The molecule has 0 atom stereocenters. The summed E-state index contributed by atoms with van der Waals surface area (Å²) in [5.74, 6) is 0.151. The summed E-state index contributed by atoms with van der Waals surface area (Å²) in [6.45, 7) is 6.93. The average molecular weight is 394 g/mol. The smallest absolute Gasteiger partial charge is 0.410 e. The molecule has 0 unspecified atom stereocenters. The molecule has 0 aliphatic carbocycles. The average Bonchev–Trinajstić information content (AvgIpc) is 2.60. The maximum absolute atomic E-state index is 12.8. The summed E-state index contributed by atoms with van der Waals surface area (Å²) in [5.41, 5.74) is -0.389. The van der Waals surface area contributed by atoms with Crippen molar-refractivity contribution in [1.82, 2.24) is 9.21 Å². The first-order valence-corrected chi connectivity index (χ1v) is 10.4. The number of rotatable bonds is 4. The van der Waals surface area contributed by atoms with Crippen LogP contribution in [0.2, 0.25) is 0 Å². The van der Waals surface area contributed by atoms with Crippen LogP contribution in [0.4, 0.5) is 4.79 Å². The van der Waals surface area contributed by atoms with Gasteiger partial charge in [0.25, 0.3) is 0 Å². The number of nitrogens with zero attached hydrogens (tertiary/aromatic N) is 3. The fourth-order valence-corrected chi connectivity index (χ4v) is 4.42. The van der Waals surface area contributed by atoms with Gasteiger partial charge in [0, 0.05) is 26.7 Å². The molecular weight excluding hydrogens is 366 g/mol. The number of hydrogen-bond donors (Lipinski definition) is 0. The Morgan fingerprint density at radius 2 is 1.89 bits per heavy atom. The van der Waals surface area contributed by atoms with Crippen LogP contribution >= 0.6 is 0 Å². The van der Waals surface area contributed by atoms with Gasteiger partial charge in [0.2, 0.25) is 10.0 Å². The van der Waals surface area contributed by atoms with Gasteiger partial charge in [0.1, 0.15) is 11.7 Å². The molecule has 1 heterocycles. The monoisotopic (exact) mass is 393 g/mol. The number of hydrogen-bond acceptors (Lipinski definition) is 5. The lowest BCUT2D eigenvalue weighted by Crippen LogP contribution is -2.44. The van der Waals surface area contributed by atoms with Crippen molar-refractivity contribution in [3.63, 3.8) is 0 Å². The number of carbonyl (C=O) groups excluding carboxylic acids is 1. The molecule has 2 rings (SSSR count). The van der Waals surface area contributed by atoms with Gasteiger partial charge < -0.3 is 9.64 Å². The molecule has 0 bridgehead atoms. The lowest BCUT2D eigenvalue weighted by Gasteiger charge is -2.34. The molecule has 1 amide bonds. The molecule has 0 spiro atoms. The molecule has 0 radical (unpaired) electrons. The molecule has 1 aromatic rings. The Balaban J connectivity index is 1.97. The van der Waals surface area contributed by atoms with Crippen molar-refractivity contribution in [2.24, 2.45) is 5.92 Å². The van der Waals surface area contributed by atoms with E-state index in [1.807, 2.05) is 26.8 Å². The molecule has 7 nitrogen and oxygen atoms in total. The summed E-state index contributed by atoms with van der Waals surface area (Å²) in [4.78, 5) is 13.8. The van der Waals surface area contributed by atoms with Crippen molar-refractivity contribution in [3.05, 3.63) is 29.8 Å². The summed E-state index contributed by atoms with van der Waals surface area (Å²) < 4.78 is 32.3. The highest BCUT2D eigenvalue weighted by Crippen LogP contribution is 2.24. The first-order valence-electron chi connectivity index (χ1n) is 8.98. The number of carbonyl (C=O) groups is 1. The quantitative estimate of drug-likeness (QED) is 0.784. The zero-order valence-corrected chi connectivity index (χ0v) is 17.1. The van der Waals surface area contributed by atoms with Crippen molar-refractivity contribution in [3.8, 4) is 6.07 Å². The first kappa shape index (κ1) is 21.2. The topological polar surface area (TPSA) is 90.7 Å². The third-order valence-electron chi connectivity index (χ3n) is 4.48. The molecule has 1 saturated heterocycles. The fraction of sp³-hybridized carbons (Fsp3) is 0.579. The summed E-state index contributed by atoms with van der Waals surface area (Å²) in [6.07, 6.45) is 1.09. The third-order valence-corrected chi connectivity index (χ3v) is 6.36. The minimum atomic E-state index is -3.73. The molecule has 0 N–H and O–H groups in total. The molecule has 1 fully saturated rings. The van der Waals surface area contributed by atoms with Crippen molar-refractivity contribution in [2.45, 2.75) is 44.1 Å². The zero-order chi connectivity index (χ0) is 20.2. The molecule has 27 heavy (non-hydrogen) atoms. The Kier molecular flexibility index (Phi) is 6.50. The Bertz CT molecular complexity index is 816. The first-order chi connectivity index (χ1) is 12.5. The Hall–Kier alpha value is -2.11. The summed E-state index contributed by atoms with van der Waals surface area (Å²) in [7, 11) is -2.20. The Labute approximate surface area is 161 Å². The van der Waals surface area contributed by atoms with Crippen LogP contribution < -0.4 is 0 Å². The van der Waals surface area contributed by atoms with E-state index >= 15 is 0 Å². The van der Waals surface area contributed by atoms with Gasteiger partial charge >= 0.3 is 6.09 Å². The van der Waals surface area contributed by atoms with Gasteiger partial charge in [-0.05, 0) is 51.7 Å². The van der Waals surface area contributed by atoms with Crippen molar-refractivity contribution in [1.29, 1.82) is 5.26 Å². The van der Waals surface area contributed by atoms with E-state index in [4.69, 9.17) is 10.00 Å². The van der Waals surface area contributed by atoms with Crippen LogP contribution in [0, 0.1) is 17.2 Å². The SMILES string of the molecule is CN(CC1CCN(C(=O)OC(C)(C)C)CC1)S(=O)(=O)c1ccccc1C#N. The number of piperidine rings is 1. The van der Waals surface area contributed by atoms with Crippen molar-refractivity contribution < 1.29 is 17.9 Å². The van der Waals surface area contributed by atoms with Crippen LogP contribution in [0.15, 0.2) is 29.2 Å². The molecular formula is C19H27N3O4S. The van der Waals surface area contributed by atoms with Crippen molar-refractivity contribution in [2.75, 3.05) is 26.7 Å². The maximum Gasteiger partial charge on any atom is 0.410 e. The summed E-state index contributed by atoms with van der Waals surface area (Å²) in [5, 5.41) is 9.16. The van der Waals surface area contributed by atoms with E-state index < -0.39 is 15.6 Å². The second-order valence-electron chi connectivity index (χ2n) is 7.80. The molecule has 1 aliphatic heterocycles. The number of benzene rings is 1. The minimum absolute atomic E-state index is 0.0289. The van der Waals surface area contributed by atoms with Crippen LogP contribution in [0.3, 0.4) is 0 Å². The Morgan fingerprint density at radius 3 is 2.44 bits per heavy atom. The van der Waals surface area contributed by atoms with E-state index in [0.717, 1.165) is 0 Å². The lowest BCUT2D eigenvalue weighted by molar-refractivity contribution is 0.0179. The highest BCUT2D eigenvalue weighted by Gasteiger charge is 2.30. The second-order valence-corrected chi connectivity index (χ2v) is 9.82. The van der Waals surface area contributed by atoms with E-state index in [1.54, 1.807) is 17.0 Å². The van der Waals surface area contributed by atoms with Crippen LogP contribution in [-0.2, 0) is 14.8 Å². The largest absolute Gasteiger partial charge is 0.444 e. The zero-order valence-electron chi connectivity index (χ0n) is 16.3. The fourth-order valence-electron chi connectivity index (χ4n) is 3.04.